The van der Waals surface area contributed by atoms with Crippen molar-refractivity contribution in [3.8, 4) is 22.5 Å². The summed E-state index contributed by atoms with van der Waals surface area (Å²) < 4.78 is 84.5. The van der Waals surface area contributed by atoms with E-state index in [0.29, 0.717) is 51.9 Å². The second kappa shape index (κ2) is 14.6. The van der Waals surface area contributed by atoms with Crippen LogP contribution in [0.15, 0.2) is 102 Å². The molecule has 2 aliphatic rings. The SMILES string of the molecule is [2H]C([2H])([2H])c1c[c-]c(-c2ccc(C([2H])([2H])[2H])cn2)cc1.[2H]C([2H])([2H])c1cnc(-c2[c-]ccc3c2oc2c4ccccc4ccc32)cc1C1([2H])CCC2(CCCCC2)CC1.[Ir]. The molecule has 0 unspecified atom stereocenters. The van der Waals surface area contributed by atoms with E-state index in [1.54, 1.807) is 12.1 Å². The molecule has 0 amide bonds. The fourth-order valence-electron chi connectivity index (χ4n) is 7.83. The van der Waals surface area contributed by atoms with Crippen LogP contribution in [0.2, 0.25) is 0 Å². The molecule has 9 rings (SSSR count). The maximum Gasteiger partial charge on any atom is 0.128 e. The Morgan fingerprint density at radius 3 is 2.30 bits per heavy atom. The van der Waals surface area contributed by atoms with Gasteiger partial charge in [0, 0.05) is 57.0 Å². The van der Waals surface area contributed by atoms with Crippen LogP contribution in [0.5, 0.6) is 0 Å². The van der Waals surface area contributed by atoms with Crippen molar-refractivity contribution in [2.45, 2.75) is 84.2 Å². The van der Waals surface area contributed by atoms with E-state index < -0.39 is 26.4 Å². The van der Waals surface area contributed by atoms with Crippen LogP contribution in [0.4, 0.5) is 0 Å². The van der Waals surface area contributed by atoms with E-state index in [9.17, 15) is 1.37 Å². The third-order valence-electron chi connectivity index (χ3n) is 10.5. The molecule has 1 radical (unpaired) electrons. The molecule has 7 aromatic rings. The molecule has 0 aliphatic heterocycles. The Bertz CT molecular complexity index is 2560. The Morgan fingerprint density at radius 1 is 0.740 bits per heavy atom. The minimum Gasteiger partial charge on any atom is -0.500 e. The number of nitrogens with zero attached hydrogens (tertiary/aromatic N) is 2. The van der Waals surface area contributed by atoms with E-state index in [0.717, 1.165) is 40.0 Å². The zero-order chi connectivity index (χ0) is 41.8. The molecule has 2 aliphatic carbocycles. The van der Waals surface area contributed by atoms with Crippen LogP contribution in [-0.4, -0.2) is 9.97 Å². The zero-order valence-corrected chi connectivity index (χ0v) is 30.1. The molecule has 4 heteroatoms. The Morgan fingerprint density at radius 2 is 1.54 bits per heavy atom. The van der Waals surface area contributed by atoms with Gasteiger partial charge >= 0.3 is 0 Å². The molecule has 2 fully saturated rings. The average molecular weight is 843 g/mol. The minimum atomic E-state index is -2.33. The molecule has 0 atom stereocenters. The van der Waals surface area contributed by atoms with Crippen molar-refractivity contribution in [3.63, 3.8) is 0 Å². The van der Waals surface area contributed by atoms with E-state index in [4.69, 9.17) is 16.8 Å². The first kappa shape index (κ1) is 24.1. The monoisotopic (exact) mass is 843 g/mol. The van der Waals surface area contributed by atoms with Crippen molar-refractivity contribution in [1.82, 2.24) is 9.97 Å². The number of pyridine rings is 2. The molecule has 3 aromatic heterocycles. The first-order chi connectivity index (χ1) is 27.9. The molecule has 0 saturated heterocycles. The van der Waals surface area contributed by atoms with Crippen LogP contribution < -0.4 is 0 Å². The van der Waals surface area contributed by atoms with Gasteiger partial charge in [-0.05, 0) is 97.0 Å². The summed E-state index contributed by atoms with van der Waals surface area (Å²) in [4.78, 5) is 8.71. The van der Waals surface area contributed by atoms with Gasteiger partial charge in [-0.1, -0.05) is 91.7 Å². The smallest absolute Gasteiger partial charge is 0.128 e. The Labute approximate surface area is 324 Å². The van der Waals surface area contributed by atoms with Gasteiger partial charge in [-0.2, -0.15) is 0 Å². The summed E-state index contributed by atoms with van der Waals surface area (Å²) in [5, 5.41) is 4.17. The molecule has 255 valence electrons. The largest absolute Gasteiger partial charge is 0.500 e. The van der Waals surface area contributed by atoms with Crippen molar-refractivity contribution >= 4 is 32.7 Å². The fourth-order valence-corrected chi connectivity index (χ4v) is 7.83. The van der Waals surface area contributed by atoms with Gasteiger partial charge in [0.2, 0.25) is 0 Å². The third-order valence-corrected chi connectivity index (χ3v) is 10.5. The van der Waals surface area contributed by atoms with E-state index in [1.807, 2.05) is 30.3 Å². The Balaban J connectivity index is 0.000000220. The summed E-state index contributed by atoms with van der Waals surface area (Å²) in [7, 11) is 0. The predicted octanol–water partition coefficient (Wildman–Crippen LogP) is 12.7. The van der Waals surface area contributed by atoms with Crippen molar-refractivity contribution in [2.75, 3.05) is 0 Å². The van der Waals surface area contributed by atoms with Crippen LogP contribution in [-0.2, 0) is 20.1 Å². The molecule has 0 bridgehead atoms. The maximum atomic E-state index is 9.57. The number of rotatable bonds is 3. The second-order valence-corrected chi connectivity index (χ2v) is 13.6. The average Bonchev–Trinajstić information content (AvgIpc) is 3.61. The third kappa shape index (κ3) is 6.81. The van der Waals surface area contributed by atoms with Crippen LogP contribution in [0.25, 0.3) is 55.2 Å². The van der Waals surface area contributed by atoms with Crippen molar-refractivity contribution in [3.05, 3.63) is 132 Å². The Hall–Kier alpha value is -4.11. The normalized spacial score (nSPS) is 20.2. The van der Waals surface area contributed by atoms with Crippen LogP contribution in [0, 0.1) is 38.1 Å². The minimum absolute atomic E-state index is 0. The van der Waals surface area contributed by atoms with Gasteiger partial charge in [-0.3, -0.25) is 0 Å². The number of benzene rings is 4. The van der Waals surface area contributed by atoms with Crippen LogP contribution in [0.3, 0.4) is 0 Å². The van der Waals surface area contributed by atoms with E-state index in [2.05, 4.69) is 46.4 Å². The molecular weight excluding hydrogens is 789 g/mol. The number of aromatic nitrogens is 2. The Kier molecular flexibility index (Phi) is 7.06. The van der Waals surface area contributed by atoms with Gasteiger partial charge in [0.15, 0.2) is 0 Å². The van der Waals surface area contributed by atoms with Crippen LogP contribution >= 0.6 is 0 Å². The molecule has 4 aromatic carbocycles. The summed E-state index contributed by atoms with van der Waals surface area (Å²) in [5.41, 5.74) is 5.50. The second-order valence-electron chi connectivity index (χ2n) is 13.6. The number of fused-ring (bicyclic) bond motifs is 5. The van der Waals surface area contributed by atoms with Gasteiger partial charge in [-0.25, -0.2) is 0 Å². The maximum absolute atomic E-state index is 9.57. The number of hydrogen-bond donors (Lipinski definition) is 0. The zero-order valence-electron chi connectivity index (χ0n) is 37.7. The standard InChI is InChI=1S/C33H32NO.C13H12N.Ir/c1-22-21-34-30(20-29(22)24-14-18-33(19-15-24)16-5-2-6-17-33)28-11-7-10-26-27-13-12-23-8-3-4-9-25(23)31(27)35-32(26)28;1-10-3-6-12(7-4-10)13-8-5-11(2)9-14-13;/h3-4,7-10,12-13,20-21,24H,2,5-6,14-19H2,1H3;3-6,8-9H,1-2H3;/q2*-1;/i1D3,24D;1D3,2D3;. The van der Waals surface area contributed by atoms with E-state index in [1.165, 1.54) is 62.7 Å². The van der Waals surface area contributed by atoms with Gasteiger partial charge in [0.25, 0.3) is 0 Å². The summed E-state index contributed by atoms with van der Waals surface area (Å²) in [6.07, 6.45) is 12.5. The summed E-state index contributed by atoms with van der Waals surface area (Å²) in [6.45, 7) is -6.67. The van der Waals surface area contributed by atoms with Gasteiger partial charge in [0.1, 0.15) is 5.58 Å². The van der Waals surface area contributed by atoms with E-state index in [-0.39, 0.29) is 36.8 Å². The summed E-state index contributed by atoms with van der Waals surface area (Å²) in [5.74, 6) is -0.942. The van der Waals surface area contributed by atoms with Crippen molar-refractivity contribution in [1.29, 1.82) is 0 Å². The molecule has 3 nitrogen and oxygen atoms in total. The number of hydrogen-bond acceptors (Lipinski definition) is 3. The fraction of sp³-hybridized carbons (Fsp3) is 0.304. The summed E-state index contributed by atoms with van der Waals surface area (Å²) >= 11 is 0. The summed E-state index contributed by atoms with van der Waals surface area (Å²) in [6, 6.07) is 31.9. The molecule has 50 heavy (non-hydrogen) atoms. The predicted molar refractivity (Wildman–Crippen MR) is 203 cm³/mol. The number of aryl methyl sites for hydroxylation is 3. The van der Waals surface area contributed by atoms with Crippen molar-refractivity contribution < 1.29 is 38.2 Å². The molecule has 3 heterocycles. The quantitative estimate of drug-likeness (QED) is 0.166. The first-order valence-corrected chi connectivity index (χ1v) is 17.2. The number of furan rings is 1. The van der Waals surface area contributed by atoms with Gasteiger partial charge in [0.05, 0.1) is 5.58 Å². The first-order valence-electron chi connectivity index (χ1n) is 22.2. The molecule has 2 saturated carbocycles. The topological polar surface area (TPSA) is 38.9 Å². The van der Waals surface area contributed by atoms with Crippen LogP contribution in [0.1, 0.15) is 99.6 Å². The van der Waals surface area contributed by atoms with Crippen molar-refractivity contribution in [2.24, 2.45) is 5.41 Å². The molecular formula is C46H44IrN2O-2. The van der Waals surface area contributed by atoms with E-state index >= 15 is 0 Å². The van der Waals surface area contributed by atoms with Gasteiger partial charge < -0.3 is 14.4 Å². The van der Waals surface area contributed by atoms with Gasteiger partial charge in [-0.15, -0.1) is 53.6 Å². The molecule has 1 spiro atoms. The molecule has 0 N–H and O–H groups in total.